The minimum Gasteiger partial charge on any atom is -0.312 e. The predicted octanol–water partition coefficient (Wildman–Crippen LogP) is 2.08. The van der Waals surface area contributed by atoms with Gasteiger partial charge < -0.3 is 10.6 Å². The van der Waals surface area contributed by atoms with Crippen molar-refractivity contribution in [2.45, 2.75) is 6.17 Å². The van der Waals surface area contributed by atoms with Crippen LogP contribution < -0.4 is 10.6 Å². The summed E-state index contributed by atoms with van der Waals surface area (Å²) in [5, 5.41) is 0. The predicted molar refractivity (Wildman–Crippen MR) is 84.2 cm³/mol. The number of allylic oxidation sites excluding steroid dienone is 5. The highest BCUT2D eigenvalue weighted by Gasteiger charge is 2.28. The minimum absolute atomic E-state index is 0.341. The Kier molecular flexibility index (Phi) is 3.59. The fourth-order valence-electron chi connectivity index (χ4n) is 2.41. The molecule has 0 saturated carbocycles. The average molecular weight is 295 g/mol. The van der Waals surface area contributed by atoms with Gasteiger partial charge in [-0.3, -0.25) is 9.79 Å². The molecule has 2 aliphatic rings. The maximum absolute atomic E-state index is 13.7. The van der Waals surface area contributed by atoms with Gasteiger partial charge in [0.2, 0.25) is 0 Å². The number of amides is 1. The van der Waals surface area contributed by atoms with Crippen LogP contribution in [0.25, 0.3) is 0 Å². The van der Waals surface area contributed by atoms with Crippen molar-refractivity contribution in [1.82, 2.24) is 0 Å². The zero-order valence-electron chi connectivity index (χ0n) is 12.0. The van der Waals surface area contributed by atoms with Gasteiger partial charge in [0, 0.05) is 18.2 Å². The van der Waals surface area contributed by atoms with E-state index in [1.54, 1.807) is 25.3 Å². The van der Waals surface area contributed by atoms with Crippen LogP contribution in [-0.2, 0) is 4.79 Å². The molecule has 1 amide bonds. The molecular weight excluding hydrogens is 281 g/mol. The van der Waals surface area contributed by atoms with E-state index in [1.807, 2.05) is 18.2 Å². The molecule has 1 heterocycles. The molecule has 4 nitrogen and oxygen atoms in total. The second kappa shape index (κ2) is 5.56. The summed E-state index contributed by atoms with van der Waals surface area (Å²) in [6, 6.07) is 4.24. The van der Waals surface area contributed by atoms with Crippen molar-refractivity contribution in [3.05, 3.63) is 71.3 Å². The first-order chi connectivity index (χ1) is 10.6. The molecule has 0 fully saturated rings. The monoisotopic (exact) mass is 295 g/mol. The number of anilines is 1. The number of hydrogen-bond donors (Lipinski definition) is 1. The Labute approximate surface area is 127 Å². The lowest BCUT2D eigenvalue weighted by Crippen LogP contribution is -2.39. The summed E-state index contributed by atoms with van der Waals surface area (Å²) in [6.07, 6.45) is 7.94. The summed E-state index contributed by atoms with van der Waals surface area (Å²) < 4.78 is 13.7. The van der Waals surface area contributed by atoms with Crippen molar-refractivity contribution >= 4 is 17.3 Å². The van der Waals surface area contributed by atoms with Crippen molar-refractivity contribution in [3.8, 4) is 0 Å². The van der Waals surface area contributed by atoms with Crippen LogP contribution in [0, 0.1) is 5.82 Å². The van der Waals surface area contributed by atoms with E-state index in [0.29, 0.717) is 17.0 Å². The van der Waals surface area contributed by atoms with E-state index in [4.69, 9.17) is 5.73 Å². The summed E-state index contributed by atoms with van der Waals surface area (Å²) in [5.41, 5.74) is 11.1. The maximum atomic E-state index is 13.7. The van der Waals surface area contributed by atoms with Gasteiger partial charge in [-0.2, -0.15) is 0 Å². The Morgan fingerprint density at radius 3 is 3.00 bits per heavy atom. The zero-order valence-corrected chi connectivity index (χ0v) is 12.0. The number of aliphatic imine (C=N–C) groups is 1. The van der Waals surface area contributed by atoms with Gasteiger partial charge in [0.1, 0.15) is 5.82 Å². The van der Waals surface area contributed by atoms with Gasteiger partial charge in [-0.05, 0) is 30.4 Å². The first-order valence-corrected chi connectivity index (χ1v) is 6.78. The van der Waals surface area contributed by atoms with Gasteiger partial charge in [0.25, 0.3) is 5.91 Å². The number of carbonyl (C=O) groups excluding carboxylic acids is 1. The maximum Gasteiger partial charge on any atom is 0.266 e. The lowest BCUT2D eigenvalue weighted by molar-refractivity contribution is -0.119. The van der Waals surface area contributed by atoms with Gasteiger partial charge >= 0.3 is 0 Å². The van der Waals surface area contributed by atoms with Crippen LogP contribution in [0.15, 0.2) is 64.9 Å². The standard InChI is InChI=1S/C17H14FN3O/c1-21-14-9-8-12(18)10-13(14)15(20-16(19)17(21)22)11-6-4-2-3-5-7-11/h2-4,6-10,16H,19H2,1H3. The van der Waals surface area contributed by atoms with Crippen molar-refractivity contribution < 1.29 is 9.18 Å². The van der Waals surface area contributed by atoms with E-state index >= 15 is 0 Å². The Morgan fingerprint density at radius 2 is 2.18 bits per heavy atom. The number of halogens is 1. The Balaban J connectivity index is 2.26. The molecule has 3 rings (SSSR count). The molecule has 1 aliphatic carbocycles. The Hall–Kier alpha value is -2.75. The van der Waals surface area contributed by atoms with Crippen molar-refractivity contribution in [2.75, 3.05) is 11.9 Å². The summed E-state index contributed by atoms with van der Waals surface area (Å²) in [5.74, 6) is -0.737. The van der Waals surface area contributed by atoms with E-state index in [1.165, 1.54) is 17.0 Å². The third-order valence-corrected chi connectivity index (χ3v) is 3.52. The quantitative estimate of drug-likeness (QED) is 0.806. The molecule has 0 radical (unpaired) electrons. The lowest BCUT2D eigenvalue weighted by Gasteiger charge is -2.19. The van der Waals surface area contributed by atoms with Gasteiger partial charge in [-0.25, -0.2) is 4.39 Å². The van der Waals surface area contributed by atoms with Crippen LogP contribution in [0.5, 0.6) is 0 Å². The number of benzene rings is 1. The van der Waals surface area contributed by atoms with Crippen LogP contribution in [0.1, 0.15) is 5.56 Å². The summed E-state index contributed by atoms with van der Waals surface area (Å²) in [7, 11) is 1.61. The van der Waals surface area contributed by atoms with Crippen LogP contribution in [0.4, 0.5) is 10.1 Å². The molecule has 1 unspecified atom stereocenters. The molecule has 0 saturated heterocycles. The van der Waals surface area contributed by atoms with Crippen LogP contribution in [0.2, 0.25) is 0 Å². The molecule has 110 valence electrons. The fraction of sp³-hybridized carbons (Fsp3) is 0.118. The van der Waals surface area contributed by atoms with E-state index in [-0.39, 0.29) is 5.91 Å². The Morgan fingerprint density at radius 1 is 1.36 bits per heavy atom. The number of nitrogens with two attached hydrogens (primary N) is 1. The van der Waals surface area contributed by atoms with Crippen molar-refractivity contribution in [2.24, 2.45) is 10.7 Å². The Bertz CT molecular complexity index is 798. The smallest absolute Gasteiger partial charge is 0.266 e. The second-order valence-electron chi connectivity index (χ2n) is 4.97. The summed E-state index contributed by atoms with van der Waals surface area (Å²) >= 11 is 0. The molecule has 0 spiro atoms. The molecule has 22 heavy (non-hydrogen) atoms. The molecule has 5 heteroatoms. The van der Waals surface area contributed by atoms with Crippen molar-refractivity contribution in [1.29, 1.82) is 0 Å². The molecule has 1 aromatic rings. The highest BCUT2D eigenvalue weighted by Crippen LogP contribution is 2.28. The third-order valence-electron chi connectivity index (χ3n) is 3.52. The largest absolute Gasteiger partial charge is 0.312 e. The summed E-state index contributed by atoms with van der Waals surface area (Å²) in [4.78, 5) is 17.9. The van der Waals surface area contributed by atoms with Crippen LogP contribution >= 0.6 is 0 Å². The number of fused-ring (bicyclic) bond motifs is 1. The minimum atomic E-state index is -1.03. The number of likely N-dealkylation sites (N-methyl/N-ethyl adjacent to an activating group) is 1. The van der Waals surface area contributed by atoms with E-state index < -0.39 is 12.0 Å². The lowest BCUT2D eigenvalue weighted by atomic mass is 9.99. The van der Waals surface area contributed by atoms with Gasteiger partial charge in [0.15, 0.2) is 6.17 Å². The molecule has 1 aliphatic heterocycles. The van der Waals surface area contributed by atoms with Gasteiger partial charge in [-0.15, -0.1) is 5.73 Å². The molecule has 2 N–H and O–H groups in total. The van der Waals surface area contributed by atoms with Gasteiger partial charge in [-0.1, -0.05) is 18.2 Å². The molecule has 0 aromatic heterocycles. The number of rotatable bonds is 1. The molecule has 1 aromatic carbocycles. The number of hydrogen-bond acceptors (Lipinski definition) is 3. The summed E-state index contributed by atoms with van der Waals surface area (Å²) in [6.45, 7) is 0. The average Bonchev–Trinajstić information content (AvgIpc) is 2.83. The third kappa shape index (κ3) is 2.44. The van der Waals surface area contributed by atoms with Gasteiger partial charge in [0.05, 0.1) is 11.4 Å². The van der Waals surface area contributed by atoms with E-state index in [0.717, 1.165) is 5.57 Å². The van der Waals surface area contributed by atoms with Crippen LogP contribution in [-0.4, -0.2) is 24.8 Å². The number of benzodiazepines with no additional fused rings is 1. The molecule has 0 bridgehead atoms. The van der Waals surface area contributed by atoms with Crippen molar-refractivity contribution in [3.63, 3.8) is 0 Å². The molecular formula is C17H14FN3O. The van der Waals surface area contributed by atoms with Crippen LogP contribution in [0.3, 0.4) is 0 Å². The van der Waals surface area contributed by atoms with E-state index in [9.17, 15) is 9.18 Å². The SMILES string of the molecule is CN1C(=O)C(N)N=C(C2=CC=CC=C=C2)c2cc(F)ccc21. The highest BCUT2D eigenvalue weighted by atomic mass is 19.1. The van der Waals surface area contributed by atoms with E-state index in [2.05, 4.69) is 10.7 Å². The second-order valence-corrected chi connectivity index (χ2v) is 4.97. The topological polar surface area (TPSA) is 58.7 Å². The zero-order chi connectivity index (χ0) is 15.7. The first kappa shape index (κ1) is 14.2. The molecule has 1 atom stereocenters. The first-order valence-electron chi connectivity index (χ1n) is 6.78. The fourth-order valence-corrected chi connectivity index (χ4v) is 2.41. The normalized spacial score (nSPS) is 20.2. The number of carbonyl (C=O) groups is 1. The highest BCUT2D eigenvalue weighted by molar-refractivity contribution is 6.21. The number of nitrogens with zero attached hydrogens (tertiary/aromatic N) is 2.